The van der Waals surface area contributed by atoms with Crippen molar-refractivity contribution in [2.75, 3.05) is 23.5 Å². The Kier molecular flexibility index (Phi) is 8.56. The zero-order valence-corrected chi connectivity index (χ0v) is 22.3. The molecule has 0 unspecified atom stereocenters. The number of nitrogens with zero attached hydrogens (tertiary/aromatic N) is 1. The number of carboxylic acids is 1. The molecule has 1 heterocycles. The van der Waals surface area contributed by atoms with Crippen LogP contribution in [0, 0.1) is 5.41 Å². The minimum absolute atomic E-state index is 0.231. The Hall–Kier alpha value is -1.24. The van der Waals surface area contributed by atoms with Crippen molar-refractivity contribution in [1.29, 1.82) is 0 Å². The van der Waals surface area contributed by atoms with Gasteiger partial charge in [-0.3, -0.25) is 4.79 Å². The molecule has 1 atom stereocenters. The lowest BCUT2D eigenvalue weighted by atomic mass is 9.86. The van der Waals surface area contributed by atoms with Gasteiger partial charge in [-0.1, -0.05) is 44.9 Å². The van der Waals surface area contributed by atoms with Crippen LogP contribution in [0.4, 0.5) is 11.4 Å². The summed E-state index contributed by atoms with van der Waals surface area (Å²) in [5, 5.41) is 9.53. The highest BCUT2D eigenvalue weighted by Gasteiger charge is 2.33. The Morgan fingerprint density at radius 2 is 1.97 bits per heavy atom. The fourth-order valence-corrected chi connectivity index (χ4v) is 6.77. The third-order valence-corrected chi connectivity index (χ3v) is 9.72. The Labute approximate surface area is 206 Å². The molecule has 32 heavy (non-hydrogen) atoms. The van der Waals surface area contributed by atoms with Crippen molar-refractivity contribution in [1.82, 2.24) is 0 Å². The second-order valence-electron chi connectivity index (χ2n) is 9.36. The number of carboxylic acid groups (broad SMARTS) is 1. The number of aliphatic carboxylic acids is 1. The van der Waals surface area contributed by atoms with E-state index in [0.717, 1.165) is 12.3 Å². The number of hydrogen-bond acceptors (Lipinski definition) is 5. The summed E-state index contributed by atoms with van der Waals surface area (Å²) in [7, 11) is 0. The van der Waals surface area contributed by atoms with Crippen LogP contribution in [0.5, 0.6) is 0 Å². The van der Waals surface area contributed by atoms with Gasteiger partial charge < -0.3 is 10.0 Å². The second-order valence-corrected chi connectivity index (χ2v) is 12.8. The summed E-state index contributed by atoms with van der Waals surface area (Å²) >= 11 is 5.21. The zero-order valence-electron chi connectivity index (χ0n) is 19.8. The van der Waals surface area contributed by atoms with Crippen LogP contribution in [-0.4, -0.2) is 34.4 Å². The highest BCUT2D eigenvalue weighted by molar-refractivity contribution is 8.01. The fraction of sp³-hybridized carbons (Fsp3) is 0.500. The van der Waals surface area contributed by atoms with Crippen LogP contribution in [0.3, 0.4) is 0 Å². The molecule has 2 aromatic rings. The Balaban J connectivity index is 2.01. The smallest absolute Gasteiger partial charge is 0.319 e. The highest BCUT2D eigenvalue weighted by atomic mass is 32.2. The summed E-state index contributed by atoms with van der Waals surface area (Å²) in [5.74, 6) is 1.02. The molecular formula is C26H35NO2S3. The van der Waals surface area contributed by atoms with E-state index in [1.807, 2.05) is 11.8 Å². The summed E-state index contributed by atoms with van der Waals surface area (Å²) < 4.78 is -0.801. The van der Waals surface area contributed by atoms with Crippen LogP contribution in [0.2, 0.25) is 0 Å². The highest BCUT2D eigenvalue weighted by Crippen LogP contribution is 2.47. The van der Waals surface area contributed by atoms with E-state index in [1.54, 1.807) is 25.6 Å². The molecule has 0 bridgehead atoms. The molecule has 0 aromatic heterocycles. The van der Waals surface area contributed by atoms with E-state index < -0.39 is 10.7 Å². The minimum atomic E-state index is -0.801. The SMILES string of the molecule is CCCC[C@]1(C)CSc2cc(CSC(C)(C)C(=O)O)c(SC)cc2N(c2ccccc2)C1. The van der Waals surface area contributed by atoms with Gasteiger partial charge in [0.05, 0.1) is 5.69 Å². The van der Waals surface area contributed by atoms with E-state index in [-0.39, 0.29) is 5.41 Å². The van der Waals surface area contributed by atoms with Crippen molar-refractivity contribution >= 4 is 52.6 Å². The number of para-hydroxylation sites is 1. The Morgan fingerprint density at radius 1 is 1.25 bits per heavy atom. The number of anilines is 2. The number of thioether (sulfide) groups is 3. The predicted molar refractivity (Wildman–Crippen MR) is 143 cm³/mol. The maximum Gasteiger partial charge on any atom is 0.319 e. The fourth-order valence-electron chi connectivity index (χ4n) is 3.90. The summed E-state index contributed by atoms with van der Waals surface area (Å²) in [5.41, 5.74) is 3.97. The molecular weight excluding hydrogens is 454 g/mol. The van der Waals surface area contributed by atoms with Gasteiger partial charge in [0.15, 0.2) is 0 Å². The molecule has 1 aliphatic rings. The van der Waals surface area contributed by atoms with Gasteiger partial charge in [0.2, 0.25) is 0 Å². The molecule has 0 fully saturated rings. The summed E-state index contributed by atoms with van der Waals surface area (Å²) in [6, 6.07) is 15.4. The molecule has 1 aliphatic heterocycles. The molecule has 174 valence electrons. The number of fused-ring (bicyclic) bond motifs is 1. The number of rotatable bonds is 9. The van der Waals surface area contributed by atoms with Gasteiger partial charge in [-0.15, -0.1) is 35.3 Å². The van der Waals surface area contributed by atoms with Gasteiger partial charge in [0, 0.05) is 33.5 Å². The molecule has 0 radical (unpaired) electrons. The average Bonchev–Trinajstić information content (AvgIpc) is 2.93. The van der Waals surface area contributed by atoms with Crippen LogP contribution < -0.4 is 4.90 Å². The van der Waals surface area contributed by atoms with Gasteiger partial charge >= 0.3 is 5.97 Å². The second kappa shape index (κ2) is 10.8. The van der Waals surface area contributed by atoms with Gasteiger partial charge in [-0.25, -0.2) is 0 Å². The number of hydrogen-bond donors (Lipinski definition) is 1. The van der Waals surface area contributed by atoms with Crippen molar-refractivity contribution in [2.24, 2.45) is 5.41 Å². The number of unbranched alkanes of at least 4 members (excludes halogenated alkanes) is 1. The van der Waals surface area contributed by atoms with E-state index in [4.69, 9.17) is 0 Å². The normalized spacial score (nSPS) is 18.8. The van der Waals surface area contributed by atoms with E-state index in [0.29, 0.717) is 5.75 Å². The van der Waals surface area contributed by atoms with Crippen LogP contribution in [0.15, 0.2) is 52.3 Å². The van der Waals surface area contributed by atoms with Crippen LogP contribution in [0.25, 0.3) is 0 Å². The van der Waals surface area contributed by atoms with Crippen LogP contribution >= 0.6 is 35.3 Å². The van der Waals surface area contributed by atoms with Crippen molar-refractivity contribution in [3.8, 4) is 0 Å². The van der Waals surface area contributed by atoms with Gasteiger partial charge in [0.25, 0.3) is 0 Å². The lowest BCUT2D eigenvalue weighted by Crippen LogP contribution is -2.33. The quantitative estimate of drug-likeness (QED) is 0.360. The Morgan fingerprint density at radius 3 is 2.59 bits per heavy atom. The molecule has 3 nitrogen and oxygen atoms in total. The zero-order chi connectivity index (χ0) is 23.4. The first-order chi connectivity index (χ1) is 15.2. The summed E-state index contributed by atoms with van der Waals surface area (Å²) in [6.45, 7) is 9.27. The number of carbonyl (C=O) groups is 1. The molecule has 0 saturated carbocycles. The predicted octanol–water partition coefficient (Wildman–Crippen LogP) is 7.95. The topological polar surface area (TPSA) is 40.5 Å². The van der Waals surface area contributed by atoms with Gasteiger partial charge in [-0.2, -0.15) is 0 Å². The lowest BCUT2D eigenvalue weighted by Gasteiger charge is -2.34. The van der Waals surface area contributed by atoms with Gasteiger partial charge in [-0.05, 0) is 61.8 Å². The lowest BCUT2D eigenvalue weighted by molar-refractivity contribution is -0.138. The van der Waals surface area contributed by atoms with E-state index in [1.165, 1.54) is 57.8 Å². The molecule has 0 aliphatic carbocycles. The van der Waals surface area contributed by atoms with E-state index in [2.05, 4.69) is 67.5 Å². The van der Waals surface area contributed by atoms with Crippen LogP contribution in [0.1, 0.15) is 52.5 Å². The molecule has 6 heteroatoms. The average molecular weight is 490 g/mol. The van der Waals surface area contributed by atoms with E-state index in [9.17, 15) is 9.90 Å². The van der Waals surface area contributed by atoms with Crippen molar-refractivity contribution in [3.63, 3.8) is 0 Å². The Bertz CT molecular complexity index is 932. The molecule has 3 rings (SSSR count). The monoisotopic (exact) mass is 489 g/mol. The standard InChI is InChI=1S/C26H35NO2S3/c1-6-7-13-26(4)17-27(20-11-9-8-10-12-20)21-15-22(30-5)19(14-23(21)31-18-26)16-32-25(2,3)24(28)29/h8-12,14-15H,6-7,13,16-18H2,1-5H3,(H,28,29)/t26-/m0/s1. The largest absolute Gasteiger partial charge is 0.480 e. The van der Waals surface area contributed by atoms with Crippen molar-refractivity contribution in [3.05, 3.63) is 48.0 Å². The third-order valence-electron chi connectivity index (χ3n) is 6.07. The maximum atomic E-state index is 11.6. The molecule has 0 amide bonds. The minimum Gasteiger partial charge on any atom is -0.480 e. The van der Waals surface area contributed by atoms with Crippen molar-refractivity contribution < 1.29 is 9.90 Å². The van der Waals surface area contributed by atoms with Gasteiger partial charge in [0.1, 0.15) is 4.75 Å². The molecule has 1 N–H and O–H groups in total. The van der Waals surface area contributed by atoms with Crippen molar-refractivity contribution in [2.45, 2.75) is 67.2 Å². The first-order valence-corrected chi connectivity index (χ1v) is 14.4. The van der Waals surface area contributed by atoms with Crippen LogP contribution in [-0.2, 0) is 10.5 Å². The van der Waals surface area contributed by atoms with E-state index >= 15 is 0 Å². The molecule has 2 aromatic carbocycles. The maximum absolute atomic E-state index is 11.6. The molecule has 0 saturated heterocycles. The first-order valence-electron chi connectivity index (χ1n) is 11.2. The summed E-state index contributed by atoms with van der Waals surface area (Å²) in [4.78, 5) is 16.6. The first kappa shape index (κ1) is 25.4. The number of benzene rings is 2. The molecule has 0 spiro atoms. The third kappa shape index (κ3) is 6.00. The summed E-state index contributed by atoms with van der Waals surface area (Å²) in [6.07, 6.45) is 5.80.